The van der Waals surface area contributed by atoms with Gasteiger partial charge in [-0.3, -0.25) is 0 Å². The van der Waals surface area contributed by atoms with Crippen LogP contribution in [0.3, 0.4) is 0 Å². The van der Waals surface area contributed by atoms with E-state index in [-0.39, 0.29) is 0 Å². The van der Waals surface area contributed by atoms with E-state index < -0.39 is 11.7 Å². The normalized spacial score (nSPS) is 11.3. The van der Waals surface area contributed by atoms with Crippen LogP contribution in [0.4, 0.5) is 10.5 Å². The fourth-order valence-corrected chi connectivity index (χ4v) is 2.58. The number of nitrogens with zero attached hydrogens (tertiary/aromatic N) is 3. The van der Waals surface area contributed by atoms with Crippen LogP contribution >= 0.6 is 0 Å². The summed E-state index contributed by atoms with van der Waals surface area (Å²) in [7, 11) is 4.07. The Hall–Kier alpha value is -2.50. The average Bonchev–Trinajstić information content (AvgIpc) is 2.94. The summed E-state index contributed by atoms with van der Waals surface area (Å²) < 4.78 is 7.29. The number of carbonyl (C=O) groups excluding carboxylic acids is 1. The van der Waals surface area contributed by atoms with E-state index in [2.05, 4.69) is 40.3 Å². The van der Waals surface area contributed by atoms with E-state index in [4.69, 9.17) is 4.74 Å². The zero-order valence-electron chi connectivity index (χ0n) is 16.0. The van der Waals surface area contributed by atoms with Crippen molar-refractivity contribution in [2.45, 2.75) is 39.7 Å². The Morgan fingerprint density at radius 1 is 1.32 bits per heavy atom. The van der Waals surface area contributed by atoms with Gasteiger partial charge < -0.3 is 19.5 Å². The molecule has 1 heterocycles. The summed E-state index contributed by atoms with van der Waals surface area (Å²) in [6.07, 6.45) is 3.90. The van der Waals surface area contributed by atoms with Gasteiger partial charge >= 0.3 is 6.09 Å². The summed E-state index contributed by atoms with van der Waals surface area (Å²) in [5, 5.41) is 2.78. The SMILES string of the molecule is Cc1ccc(-n2cncc2CCNC(=O)OC(C)(C)C)cc1N(C)C. The van der Waals surface area contributed by atoms with Crippen molar-refractivity contribution in [3.8, 4) is 5.69 Å². The number of nitrogens with one attached hydrogen (secondary N) is 1. The molecule has 0 radical (unpaired) electrons. The summed E-state index contributed by atoms with van der Waals surface area (Å²) in [5.41, 5.74) is 3.99. The molecule has 0 aliphatic carbocycles. The fourth-order valence-electron chi connectivity index (χ4n) is 2.58. The second-order valence-electron chi connectivity index (χ2n) is 7.30. The fraction of sp³-hybridized carbons (Fsp3) is 0.474. The predicted molar refractivity (Wildman–Crippen MR) is 101 cm³/mol. The molecule has 6 nitrogen and oxygen atoms in total. The van der Waals surface area contributed by atoms with E-state index in [9.17, 15) is 4.79 Å². The number of hydrogen-bond donors (Lipinski definition) is 1. The Morgan fingerprint density at radius 2 is 2.04 bits per heavy atom. The molecule has 0 bridgehead atoms. The Morgan fingerprint density at radius 3 is 2.68 bits per heavy atom. The number of aryl methyl sites for hydroxylation is 1. The molecule has 0 unspecified atom stereocenters. The van der Waals surface area contributed by atoms with E-state index in [1.807, 2.05) is 45.6 Å². The predicted octanol–water partition coefficient (Wildman–Crippen LogP) is 3.31. The first-order valence-corrected chi connectivity index (χ1v) is 8.44. The highest BCUT2D eigenvalue weighted by Crippen LogP contribution is 2.22. The topological polar surface area (TPSA) is 59.4 Å². The molecule has 2 rings (SSSR count). The monoisotopic (exact) mass is 344 g/mol. The van der Waals surface area contributed by atoms with E-state index in [0.29, 0.717) is 13.0 Å². The van der Waals surface area contributed by atoms with Crippen molar-refractivity contribution < 1.29 is 9.53 Å². The van der Waals surface area contributed by atoms with Crippen molar-refractivity contribution in [1.29, 1.82) is 0 Å². The third-order valence-electron chi connectivity index (χ3n) is 3.72. The Bertz CT molecular complexity index is 729. The van der Waals surface area contributed by atoms with Gasteiger partial charge in [-0.05, 0) is 45.4 Å². The number of rotatable bonds is 5. The lowest BCUT2D eigenvalue weighted by Gasteiger charge is -2.20. The average molecular weight is 344 g/mol. The van der Waals surface area contributed by atoms with Gasteiger partial charge in [0.15, 0.2) is 0 Å². The van der Waals surface area contributed by atoms with E-state index in [1.54, 1.807) is 6.33 Å². The molecule has 0 spiro atoms. The summed E-state index contributed by atoms with van der Waals surface area (Å²) in [5.74, 6) is 0. The number of carbonyl (C=O) groups is 1. The molecule has 6 heteroatoms. The van der Waals surface area contributed by atoms with E-state index in [0.717, 1.165) is 11.4 Å². The van der Waals surface area contributed by atoms with Crippen LogP contribution < -0.4 is 10.2 Å². The van der Waals surface area contributed by atoms with Crippen LogP contribution in [0.5, 0.6) is 0 Å². The largest absolute Gasteiger partial charge is 0.444 e. The quantitative estimate of drug-likeness (QED) is 0.904. The number of imidazole rings is 1. The highest BCUT2D eigenvalue weighted by molar-refractivity contribution is 5.67. The smallest absolute Gasteiger partial charge is 0.407 e. The highest BCUT2D eigenvalue weighted by atomic mass is 16.6. The number of hydrogen-bond acceptors (Lipinski definition) is 4. The Kier molecular flexibility index (Phi) is 5.72. The molecule has 0 atom stereocenters. The lowest BCUT2D eigenvalue weighted by Crippen LogP contribution is -2.33. The second-order valence-corrected chi connectivity index (χ2v) is 7.30. The Balaban J connectivity index is 2.06. The van der Waals surface area contributed by atoms with Crippen LogP contribution in [0.25, 0.3) is 5.69 Å². The zero-order valence-corrected chi connectivity index (χ0v) is 16.0. The molecule has 25 heavy (non-hydrogen) atoms. The standard InChI is InChI=1S/C19H28N4O2/c1-14-7-8-15(11-17(14)22(5)6)23-13-20-12-16(23)9-10-21-18(24)25-19(2,3)4/h7-8,11-13H,9-10H2,1-6H3,(H,21,24). The first kappa shape index (κ1) is 18.8. The summed E-state index contributed by atoms with van der Waals surface area (Å²) >= 11 is 0. The number of amides is 1. The zero-order chi connectivity index (χ0) is 18.6. The van der Waals surface area contributed by atoms with Crippen molar-refractivity contribution in [3.05, 3.63) is 42.0 Å². The number of ether oxygens (including phenoxy) is 1. The molecule has 2 aromatic rings. The van der Waals surface area contributed by atoms with E-state index >= 15 is 0 Å². The summed E-state index contributed by atoms with van der Waals surface area (Å²) in [6.45, 7) is 8.13. The maximum Gasteiger partial charge on any atom is 0.407 e. The molecule has 136 valence electrons. The molecule has 1 N–H and O–H groups in total. The third kappa shape index (κ3) is 5.24. The molecule has 1 aromatic carbocycles. The minimum absolute atomic E-state index is 0.399. The van der Waals surface area contributed by atoms with Gasteiger partial charge in [0.25, 0.3) is 0 Å². The molecular weight excluding hydrogens is 316 g/mol. The van der Waals surface area contributed by atoms with Gasteiger partial charge in [0.1, 0.15) is 5.60 Å². The van der Waals surface area contributed by atoms with Crippen molar-refractivity contribution in [2.75, 3.05) is 25.5 Å². The molecule has 0 fully saturated rings. The van der Waals surface area contributed by atoms with Gasteiger partial charge in [-0.25, -0.2) is 9.78 Å². The van der Waals surface area contributed by atoms with Gasteiger partial charge in [0.2, 0.25) is 0 Å². The number of aromatic nitrogens is 2. The minimum atomic E-state index is -0.490. The van der Waals surface area contributed by atoms with Gasteiger partial charge in [-0.2, -0.15) is 0 Å². The molecule has 1 aromatic heterocycles. The molecular formula is C19H28N4O2. The van der Waals surface area contributed by atoms with Crippen molar-refractivity contribution >= 4 is 11.8 Å². The van der Waals surface area contributed by atoms with Crippen LogP contribution in [0, 0.1) is 6.92 Å². The minimum Gasteiger partial charge on any atom is -0.444 e. The van der Waals surface area contributed by atoms with Crippen LogP contribution in [-0.2, 0) is 11.2 Å². The summed E-state index contributed by atoms with van der Waals surface area (Å²) in [6, 6.07) is 6.32. The Labute approximate surface area is 149 Å². The van der Waals surface area contributed by atoms with Crippen LogP contribution in [0.2, 0.25) is 0 Å². The molecule has 1 amide bonds. The van der Waals surface area contributed by atoms with Crippen LogP contribution in [0.1, 0.15) is 32.0 Å². The first-order valence-electron chi connectivity index (χ1n) is 8.44. The van der Waals surface area contributed by atoms with Crippen molar-refractivity contribution in [2.24, 2.45) is 0 Å². The van der Waals surface area contributed by atoms with Crippen molar-refractivity contribution in [1.82, 2.24) is 14.9 Å². The maximum absolute atomic E-state index is 11.7. The van der Waals surface area contributed by atoms with Crippen LogP contribution in [-0.4, -0.2) is 41.9 Å². The first-order chi connectivity index (χ1) is 11.7. The molecule has 0 saturated carbocycles. The van der Waals surface area contributed by atoms with Gasteiger partial charge in [-0.1, -0.05) is 6.07 Å². The van der Waals surface area contributed by atoms with Gasteiger partial charge in [0.05, 0.1) is 6.33 Å². The number of benzene rings is 1. The lowest BCUT2D eigenvalue weighted by molar-refractivity contribution is 0.0528. The third-order valence-corrected chi connectivity index (χ3v) is 3.72. The molecule has 0 saturated heterocycles. The van der Waals surface area contributed by atoms with Crippen LogP contribution in [0.15, 0.2) is 30.7 Å². The number of alkyl carbamates (subject to hydrolysis) is 1. The van der Waals surface area contributed by atoms with Crippen molar-refractivity contribution in [3.63, 3.8) is 0 Å². The number of anilines is 1. The molecule has 0 aliphatic heterocycles. The second kappa shape index (κ2) is 7.59. The van der Waals surface area contributed by atoms with Gasteiger partial charge in [0, 0.05) is 50.3 Å². The maximum atomic E-state index is 11.7. The van der Waals surface area contributed by atoms with Gasteiger partial charge in [-0.15, -0.1) is 0 Å². The van der Waals surface area contributed by atoms with E-state index in [1.165, 1.54) is 11.3 Å². The lowest BCUT2D eigenvalue weighted by atomic mass is 10.1. The highest BCUT2D eigenvalue weighted by Gasteiger charge is 2.16. The summed E-state index contributed by atoms with van der Waals surface area (Å²) in [4.78, 5) is 18.1. The molecule has 0 aliphatic rings.